The van der Waals surface area contributed by atoms with Crippen molar-refractivity contribution in [3.05, 3.63) is 74.8 Å². The van der Waals surface area contributed by atoms with Gasteiger partial charge in [0.1, 0.15) is 5.75 Å². The van der Waals surface area contributed by atoms with Gasteiger partial charge in [-0.05, 0) is 23.3 Å². The Bertz CT molecular complexity index is 667. The first-order valence-corrected chi connectivity index (χ1v) is 6.21. The number of phenols is 1. The van der Waals surface area contributed by atoms with Crippen LogP contribution in [-0.2, 0) is 0 Å². The van der Waals surface area contributed by atoms with Crippen molar-refractivity contribution in [3.8, 4) is 5.75 Å². The summed E-state index contributed by atoms with van der Waals surface area (Å²) in [5.74, 6) is -0.0358. The van der Waals surface area contributed by atoms with Crippen molar-refractivity contribution in [2.45, 2.75) is 0 Å². The van der Waals surface area contributed by atoms with Crippen molar-refractivity contribution < 1.29 is 10.0 Å². The zero-order chi connectivity index (χ0) is 14.0. The number of benzene rings is 2. The highest BCUT2D eigenvalue weighted by Crippen LogP contribution is 2.34. The van der Waals surface area contributed by atoms with E-state index < -0.39 is 4.92 Å². The van der Waals surface area contributed by atoms with Crippen LogP contribution in [0.25, 0.3) is 5.57 Å². The Hall–Kier alpha value is -2.14. The number of phenolic OH excluding ortho intramolecular Hbond substituents is 1. The van der Waals surface area contributed by atoms with Gasteiger partial charge in [0.15, 0.2) is 0 Å². The van der Waals surface area contributed by atoms with Gasteiger partial charge >= 0.3 is 0 Å². The van der Waals surface area contributed by atoms with Gasteiger partial charge in [0.2, 0.25) is 0 Å². The molecular formula is C14H10BrNO3. The van der Waals surface area contributed by atoms with Crippen LogP contribution >= 0.6 is 15.9 Å². The van der Waals surface area contributed by atoms with Gasteiger partial charge in [0.05, 0.1) is 4.92 Å². The van der Waals surface area contributed by atoms with Gasteiger partial charge in [-0.2, -0.15) is 0 Å². The maximum Gasteiger partial charge on any atom is 0.270 e. The summed E-state index contributed by atoms with van der Waals surface area (Å²) >= 11 is 3.39. The van der Waals surface area contributed by atoms with Crippen LogP contribution in [0, 0.1) is 10.1 Å². The van der Waals surface area contributed by atoms with E-state index in [1.54, 1.807) is 0 Å². The second kappa shape index (κ2) is 5.24. The van der Waals surface area contributed by atoms with Crippen LogP contribution in [0.3, 0.4) is 0 Å². The molecule has 0 amide bonds. The molecule has 19 heavy (non-hydrogen) atoms. The molecule has 0 radical (unpaired) electrons. The van der Waals surface area contributed by atoms with Gasteiger partial charge in [0.25, 0.3) is 5.69 Å². The normalized spacial score (nSPS) is 10.2. The number of nitro benzene ring substituents is 1. The largest absolute Gasteiger partial charge is 0.507 e. The van der Waals surface area contributed by atoms with E-state index in [1.165, 1.54) is 18.2 Å². The number of hydrogen-bond acceptors (Lipinski definition) is 3. The van der Waals surface area contributed by atoms with Crippen LogP contribution in [0.4, 0.5) is 5.69 Å². The van der Waals surface area contributed by atoms with Gasteiger partial charge in [0, 0.05) is 22.2 Å². The average Bonchev–Trinajstić information content (AvgIpc) is 2.38. The Morgan fingerprint density at radius 2 is 1.89 bits per heavy atom. The molecule has 0 bridgehead atoms. The minimum atomic E-state index is -0.504. The van der Waals surface area contributed by atoms with Crippen molar-refractivity contribution in [2.75, 3.05) is 0 Å². The van der Waals surface area contributed by atoms with Gasteiger partial charge in [-0.25, -0.2) is 0 Å². The lowest BCUT2D eigenvalue weighted by Crippen LogP contribution is -1.92. The van der Waals surface area contributed by atoms with Crippen LogP contribution in [0.1, 0.15) is 11.1 Å². The van der Waals surface area contributed by atoms with Crippen LogP contribution in [0.5, 0.6) is 5.75 Å². The minimum Gasteiger partial charge on any atom is -0.507 e. The number of aromatic hydroxyl groups is 1. The fourth-order valence-corrected chi connectivity index (χ4v) is 2.25. The summed E-state index contributed by atoms with van der Waals surface area (Å²) in [6.07, 6.45) is 0. The average molecular weight is 320 g/mol. The fraction of sp³-hybridized carbons (Fsp3) is 0. The number of nitro groups is 1. The third kappa shape index (κ3) is 2.66. The van der Waals surface area contributed by atoms with Crippen LogP contribution in [-0.4, -0.2) is 10.0 Å². The highest BCUT2D eigenvalue weighted by Gasteiger charge is 2.14. The second-order valence-corrected chi connectivity index (χ2v) is 4.77. The smallest absolute Gasteiger partial charge is 0.270 e. The molecule has 0 heterocycles. The Kier molecular flexibility index (Phi) is 3.66. The number of halogens is 1. The summed E-state index contributed by atoms with van der Waals surface area (Å²) in [4.78, 5) is 10.3. The molecular weight excluding hydrogens is 310 g/mol. The topological polar surface area (TPSA) is 63.4 Å². The van der Waals surface area contributed by atoms with E-state index in [2.05, 4.69) is 22.5 Å². The first kappa shape index (κ1) is 13.3. The number of rotatable bonds is 3. The highest BCUT2D eigenvalue weighted by atomic mass is 79.9. The molecule has 1 N–H and O–H groups in total. The Morgan fingerprint density at radius 1 is 1.21 bits per heavy atom. The molecule has 2 rings (SSSR count). The molecule has 2 aromatic carbocycles. The Labute approximate surface area is 118 Å². The SMILES string of the molecule is C=C(c1cc([N+](=O)[O-])ccc1O)c1ccccc1Br. The van der Waals surface area contributed by atoms with Gasteiger partial charge in [-0.3, -0.25) is 10.1 Å². The summed E-state index contributed by atoms with van der Waals surface area (Å²) < 4.78 is 0.811. The maximum absolute atomic E-state index is 10.8. The van der Waals surface area contributed by atoms with E-state index in [1.807, 2.05) is 24.3 Å². The van der Waals surface area contributed by atoms with Crippen molar-refractivity contribution in [1.82, 2.24) is 0 Å². The molecule has 2 aromatic rings. The molecule has 0 aliphatic heterocycles. The summed E-state index contributed by atoms with van der Waals surface area (Å²) in [6.45, 7) is 3.90. The third-order valence-electron chi connectivity index (χ3n) is 2.72. The molecule has 0 aromatic heterocycles. The van der Waals surface area contributed by atoms with Crippen molar-refractivity contribution >= 4 is 27.2 Å². The molecule has 0 aliphatic carbocycles. The monoisotopic (exact) mass is 319 g/mol. The van der Waals surface area contributed by atoms with Crippen molar-refractivity contribution in [2.24, 2.45) is 0 Å². The zero-order valence-electron chi connectivity index (χ0n) is 9.84. The van der Waals surface area contributed by atoms with Crippen molar-refractivity contribution in [3.63, 3.8) is 0 Å². The van der Waals surface area contributed by atoms with E-state index in [0.717, 1.165) is 10.0 Å². The number of nitrogens with zero attached hydrogens (tertiary/aromatic N) is 1. The lowest BCUT2D eigenvalue weighted by Gasteiger charge is -2.10. The standard InChI is InChI=1S/C14H10BrNO3/c1-9(11-4-2-3-5-13(11)15)12-8-10(16(18)19)6-7-14(12)17/h2-8,17H,1H2. The molecule has 0 unspecified atom stereocenters. The quantitative estimate of drug-likeness (QED) is 0.683. The second-order valence-electron chi connectivity index (χ2n) is 3.92. The molecule has 5 heteroatoms. The molecule has 0 aliphatic rings. The maximum atomic E-state index is 10.8. The molecule has 0 spiro atoms. The van der Waals surface area contributed by atoms with Crippen LogP contribution in [0.2, 0.25) is 0 Å². The van der Waals surface area contributed by atoms with Gasteiger partial charge in [-0.1, -0.05) is 40.7 Å². The lowest BCUT2D eigenvalue weighted by molar-refractivity contribution is -0.384. The van der Waals surface area contributed by atoms with E-state index in [-0.39, 0.29) is 11.4 Å². The molecule has 0 saturated carbocycles. The molecule has 96 valence electrons. The predicted octanol–water partition coefficient (Wildman–Crippen LogP) is 4.12. The first-order chi connectivity index (χ1) is 9.00. The minimum absolute atomic E-state index is 0.0358. The summed E-state index contributed by atoms with van der Waals surface area (Å²) in [5.41, 5.74) is 1.56. The van der Waals surface area contributed by atoms with Gasteiger partial charge in [-0.15, -0.1) is 0 Å². The lowest BCUT2D eigenvalue weighted by atomic mass is 9.98. The van der Waals surface area contributed by atoms with Crippen LogP contribution in [0.15, 0.2) is 53.5 Å². The van der Waals surface area contributed by atoms with Gasteiger partial charge < -0.3 is 5.11 Å². The Morgan fingerprint density at radius 3 is 2.53 bits per heavy atom. The summed E-state index contributed by atoms with van der Waals surface area (Å²) in [5, 5.41) is 20.6. The molecule has 4 nitrogen and oxygen atoms in total. The Balaban J connectivity index is 2.53. The highest BCUT2D eigenvalue weighted by molar-refractivity contribution is 9.10. The fourth-order valence-electron chi connectivity index (χ4n) is 1.73. The predicted molar refractivity (Wildman–Crippen MR) is 77.0 cm³/mol. The number of hydrogen-bond donors (Lipinski definition) is 1. The third-order valence-corrected chi connectivity index (χ3v) is 3.41. The van der Waals surface area contributed by atoms with Crippen LogP contribution < -0.4 is 0 Å². The van der Waals surface area contributed by atoms with E-state index in [4.69, 9.17) is 0 Å². The number of non-ortho nitro benzene ring substituents is 1. The van der Waals surface area contributed by atoms with E-state index in [0.29, 0.717) is 11.1 Å². The van der Waals surface area contributed by atoms with E-state index >= 15 is 0 Å². The molecule has 0 saturated heterocycles. The molecule has 0 atom stereocenters. The first-order valence-electron chi connectivity index (χ1n) is 5.42. The van der Waals surface area contributed by atoms with E-state index in [9.17, 15) is 15.2 Å². The zero-order valence-corrected chi connectivity index (χ0v) is 11.4. The van der Waals surface area contributed by atoms with Crippen molar-refractivity contribution in [1.29, 1.82) is 0 Å². The molecule has 0 fully saturated rings. The summed E-state index contributed by atoms with van der Waals surface area (Å²) in [6, 6.07) is 11.2. The summed E-state index contributed by atoms with van der Waals surface area (Å²) in [7, 11) is 0.